The van der Waals surface area contributed by atoms with Gasteiger partial charge in [-0.15, -0.1) is 35.9 Å². The molecule has 2 N–H and O–H groups in total. The zero-order chi connectivity index (χ0) is 26.5. The zero-order valence-corrected chi connectivity index (χ0v) is 25.8. The average molecular weight is 694 g/mol. The molecular weight excluding hydrogens is 649 g/mol. The van der Waals surface area contributed by atoms with Gasteiger partial charge in [-0.3, -0.25) is 4.98 Å². The van der Waals surface area contributed by atoms with Crippen LogP contribution in [0, 0.1) is 28.7 Å². The minimum absolute atomic E-state index is 0. The molecule has 0 saturated heterocycles. The third-order valence-electron chi connectivity index (χ3n) is 9.89. The van der Waals surface area contributed by atoms with Crippen LogP contribution in [0.25, 0.3) is 17.1 Å². The van der Waals surface area contributed by atoms with Crippen LogP contribution >= 0.6 is 0 Å². The summed E-state index contributed by atoms with van der Waals surface area (Å²) in [6.07, 6.45) is 11.9. The Morgan fingerprint density at radius 1 is 0.895 bits per heavy atom. The van der Waals surface area contributed by atoms with E-state index in [1.807, 2.05) is 54.9 Å². The standard InChI is InChI=1S/C18H34O2.C15H11N2.Ir/c1-5-17(6-2)11-9-10-13-12-18(7-3,8-4)16(20)14(13)15(17)19;1-3-7-13(8-4-1)15-16-11-12-17(15)14-9-5-2-6-10-14;/h13-16,19-20H,5-12H2,1-4H3;1-7,9-12H;/q;-1;. The van der Waals surface area contributed by atoms with Crippen LogP contribution in [0.2, 0.25) is 0 Å². The van der Waals surface area contributed by atoms with Gasteiger partial charge in [0.1, 0.15) is 0 Å². The molecule has 4 nitrogen and oxygen atoms in total. The van der Waals surface area contributed by atoms with Gasteiger partial charge in [0, 0.05) is 44.1 Å². The summed E-state index contributed by atoms with van der Waals surface area (Å²) < 4.78 is 2.06. The molecule has 2 saturated carbocycles. The third-order valence-corrected chi connectivity index (χ3v) is 9.89. The Morgan fingerprint density at radius 3 is 2.13 bits per heavy atom. The van der Waals surface area contributed by atoms with E-state index in [2.05, 4.69) is 55.4 Å². The van der Waals surface area contributed by atoms with Crippen molar-refractivity contribution in [1.29, 1.82) is 0 Å². The van der Waals surface area contributed by atoms with Gasteiger partial charge in [-0.1, -0.05) is 52.3 Å². The van der Waals surface area contributed by atoms with Gasteiger partial charge >= 0.3 is 0 Å². The van der Waals surface area contributed by atoms with Crippen molar-refractivity contribution in [3.05, 3.63) is 73.1 Å². The predicted molar refractivity (Wildman–Crippen MR) is 151 cm³/mol. The second-order valence-electron chi connectivity index (χ2n) is 11.2. The van der Waals surface area contributed by atoms with Gasteiger partial charge in [-0.2, -0.15) is 0 Å². The average Bonchev–Trinajstić information content (AvgIpc) is 3.52. The van der Waals surface area contributed by atoms with Crippen LogP contribution in [0.1, 0.15) is 79.1 Å². The molecule has 0 spiro atoms. The van der Waals surface area contributed by atoms with Crippen molar-refractivity contribution in [1.82, 2.24) is 9.55 Å². The quantitative estimate of drug-likeness (QED) is 0.264. The summed E-state index contributed by atoms with van der Waals surface area (Å²) in [5, 5.41) is 22.1. The first kappa shape index (κ1) is 30.8. The van der Waals surface area contributed by atoms with Crippen LogP contribution in [0.5, 0.6) is 0 Å². The Morgan fingerprint density at radius 2 is 1.53 bits per heavy atom. The largest absolute Gasteiger partial charge is 0.392 e. The SMILES string of the molecule is CCC1(CC)CCCC2CC(CC)(CC)C(O)C2C1O.[Ir].[c-]1ccccc1-c1nccn1-c1ccccc1. The van der Waals surface area contributed by atoms with E-state index in [0.29, 0.717) is 5.92 Å². The van der Waals surface area contributed by atoms with Gasteiger partial charge in [0.15, 0.2) is 0 Å². The number of aromatic nitrogens is 2. The fourth-order valence-electron chi connectivity index (χ4n) is 7.25. The van der Waals surface area contributed by atoms with Crippen LogP contribution in [0.4, 0.5) is 0 Å². The van der Waals surface area contributed by atoms with Gasteiger partial charge < -0.3 is 14.8 Å². The fraction of sp³-hybridized carbons (Fsp3) is 0.545. The minimum atomic E-state index is -0.319. The van der Waals surface area contributed by atoms with E-state index in [0.717, 1.165) is 55.6 Å². The van der Waals surface area contributed by atoms with Crippen molar-refractivity contribution in [2.75, 3.05) is 0 Å². The molecule has 2 fully saturated rings. The molecule has 2 aromatic carbocycles. The monoisotopic (exact) mass is 694 g/mol. The van der Waals surface area contributed by atoms with Crippen molar-refractivity contribution in [3.8, 4) is 17.1 Å². The summed E-state index contributed by atoms with van der Waals surface area (Å²) >= 11 is 0. The first-order valence-corrected chi connectivity index (χ1v) is 14.4. The molecule has 3 aromatic rings. The fourth-order valence-corrected chi connectivity index (χ4v) is 7.25. The molecule has 4 atom stereocenters. The number of aliphatic hydroxyl groups excluding tert-OH is 2. The molecule has 2 aliphatic carbocycles. The zero-order valence-electron chi connectivity index (χ0n) is 23.4. The van der Waals surface area contributed by atoms with Gasteiger partial charge in [-0.05, 0) is 73.8 Å². The minimum Gasteiger partial charge on any atom is -0.392 e. The molecule has 0 aliphatic heterocycles. The molecule has 0 bridgehead atoms. The Balaban J connectivity index is 0.000000207. The number of rotatable bonds is 6. The van der Waals surface area contributed by atoms with Crippen molar-refractivity contribution >= 4 is 0 Å². The molecule has 1 aromatic heterocycles. The summed E-state index contributed by atoms with van der Waals surface area (Å²) in [6, 6.07) is 21.2. The Kier molecular flexibility index (Phi) is 10.9. The number of fused-ring (bicyclic) bond motifs is 1. The Bertz CT molecular complexity index is 1040. The number of hydrogen-bond acceptors (Lipinski definition) is 3. The van der Waals surface area contributed by atoms with E-state index in [-0.39, 0.29) is 49.1 Å². The van der Waals surface area contributed by atoms with E-state index in [4.69, 9.17) is 0 Å². The number of aliphatic hydroxyl groups is 2. The maximum Gasteiger partial charge on any atom is 0.0651 e. The summed E-state index contributed by atoms with van der Waals surface area (Å²) in [6.45, 7) is 8.83. The van der Waals surface area contributed by atoms with E-state index in [9.17, 15) is 10.2 Å². The van der Waals surface area contributed by atoms with Gasteiger partial charge in [0.2, 0.25) is 0 Å². The summed E-state index contributed by atoms with van der Waals surface area (Å²) in [5.74, 6) is 1.55. The molecule has 1 heterocycles. The molecule has 4 unspecified atom stereocenters. The van der Waals surface area contributed by atoms with Crippen LogP contribution in [0.3, 0.4) is 0 Å². The number of hydrogen-bond donors (Lipinski definition) is 2. The van der Waals surface area contributed by atoms with Crippen LogP contribution in [-0.2, 0) is 20.1 Å². The van der Waals surface area contributed by atoms with Crippen molar-refractivity contribution in [2.45, 2.75) is 91.3 Å². The smallest absolute Gasteiger partial charge is 0.0651 e. The maximum absolute atomic E-state index is 11.1. The second-order valence-corrected chi connectivity index (χ2v) is 11.2. The van der Waals surface area contributed by atoms with E-state index >= 15 is 0 Å². The second kappa shape index (κ2) is 13.5. The van der Waals surface area contributed by atoms with Crippen LogP contribution < -0.4 is 0 Å². The summed E-state index contributed by atoms with van der Waals surface area (Å²) in [5.41, 5.74) is 2.21. The summed E-state index contributed by atoms with van der Waals surface area (Å²) in [4.78, 5) is 4.39. The third kappa shape index (κ3) is 5.87. The van der Waals surface area contributed by atoms with Crippen LogP contribution in [-0.4, -0.2) is 32.0 Å². The molecular formula is C33H45IrN2O2-. The molecule has 209 valence electrons. The Hall–Kier alpha value is -1.78. The van der Waals surface area contributed by atoms with Crippen LogP contribution in [0.15, 0.2) is 67.0 Å². The number of nitrogens with zero attached hydrogens (tertiary/aromatic N) is 2. The topological polar surface area (TPSA) is 58.3 Å². The summed E-state index contributed by atoms with van der Waals surface area (Å²) in [7, 11) is 0. The number of para-hydroxylation sites is 1. The van der Waals surface area contributed by atoms with Crippen molar-refractivity contribution in [2.24, 2.45) is 22.7 Å². The first-order chi connectivity index (χ1) is 17.9. The van der Waals surface area contributed by atoms with E-state index < -0.39 is 0 Å². The molecule has 2 aliphatic rings. The predicted octanol–water partition coefficient (Wildman–Crippen LogP) is 7.48. The normalized spacial score (nSPS) is 25.3. The van der Waals surface area contributed by atoms with Gasteiger partial charge in [-0.25, -0.2) is 0 Å². The number of benzene rings is 2. The molecule has 5 rings (SSSR count). The Labute approximate surface area is 243 Å². The maximum atomic E-state index is 11.1. The van der Waals surface area contributed by atoms with Crippen molar-refractivity contribution in [3.63, 3.8) is 0 Å². The van der Waals surface area contributed by atoms with Crippen molar-refractivity contribution < 1.29 is 30.3 Å². The molecule has 1 radical (unpaired) electrons. The first-order valence-electron chi connectivity index (χ1n) is 14.4. The molecule has 5 heteroatoms. The molecule has 38 heavy (non-hydrogen) atoms. The molecule has 0 amide bonds. The van der Waals surface area contributed by atoms with Gasteiger partial charge in [0.25, 0.3) is 0 Å². The van der Waals surface area contributed by atoms with E-state index in [1.165, 1.54) is 12.8 Å². The number of imidazole rings is 1. The van der Waals surface area contributed by atoms with Gasteiger partial charge in [0.05, 0.1) is 18.0 Å². The van der Waals surface area contributed by atoms with E-state index in [1.54, 1.807) is 0 Å².